The van der Waals surface area contributed by atoms with E-state index in [1.165, 1.54) is 0 Å². The number of rotatable bonds is 8. The minimum absolute atomic E-state index is 0.535. The molecule has 0 heterocycles. The average Bonchev–Trinajstić information content (AvgIpc) is 2.31. The van der Waals surface area contributed by atoms with E-state index < -0.39 is 0 Å². The van der Waals surface area contributed by atoms with Gasteiger partial charge in [0.1, 0.15) is 12.4 Å². The smallest absolute Gasteiger partial charge is 0.119 e. The van der Waals surface area contributed by atoms with Crippen molar-refractivity contribution in [1.82, 2.24) is 5.32 Å². The maximum Gasteiger partial charge on any atom is 0.119 e. The molecule has 4 heteroatoms. The fourth-order valence-corrected chi connectivity index (χ4v) is 1.73. The molecule has 1 atom stereocenters. The van der Waals surface area contributed by atoms with Crippen LogP contribution in [0.15, 0.2) is 28.7 Å². The summed E-state index contributed by atoms with van der Waals surface area (Å²) in [5.74, 6) is 1.44. The fourth-order valence-electron chi connectivity index (χ4n) is 1.46. The summed E-state index contributed by atoms with van der Waals surface area (Å²) >= 11 is 3.39. The van der Waals surface area contributed by atoms with Gasteiger partial charge < -0.3 is 14.8 Å². The van der Waals surface area contributed by atoms with Crippen LogP contribution in [0, 0.1) is 5.92 Å². The number of hydrogen-bond donors (Lipinski definition) is 1. The minimum Gasteiger partial charge on any atom is -0.492 e. The molecule has 0 radical (unpaired) electrons. The van der Waals surface area contributed by atoms with E-state index in [0.717, 1.165) is 29.9 Å². The van der Waals surface area contributed by atoms with Crippen molar-refractivity contribution in [3.8, 4) is 5.75 Å². The van der Waals surface area contributed by atoms with Crippen LogP contribution in [0.4, 0.5) is 0 Å². The lowest BCUT2D eigenvalue weighted by Gasteiger charge is -2.12. The van der Waals surface area contributed by atoms with E-state index >= 15 is 0 Å². The molecule has 1 N–H and O–H groups in total. The van der Waals surface area contributed by atoms with E-state index in [-0.39, 0.29) is 0 Å². The molecule has 0 aliphatic carbocycles. The standard InChI is InChI=1S/C13H20BrNO2/c1-11(10-16-2)9-15-7-8-17-13-5-3-12(14)4-6-13/h3-6,11,15H,7-10H2,1-2H3. The van der Waals surface area contributed by atoms with Gasteiger partial charge in [-0.15, -0.1) is 0 Å². The Labute approximate surface area is 112 Å². The van der Waals surface area contributed by atoms with Gasteiger partial charge in [-0.2, -0.15) is 0 Å². The Hall–Kier alpha value is -0.580. The number of methoxy groups -OCH3 is 1. The van der Waals surface area contributed by atoms with Crippen LogP contribution in [-0.4, -0.2) is 33.4 Å². The number of ether oxygens (including phenoxy) is 2. The molecule has 0 aliphatic heterocycles. The predicted octanol–water partition coefficient (Wildman–Crippen LogP) is 2.70. The summed E-state index contributed by atoms with van der Waals surface area (Å²) in [7, 11) is 1.73. The van der Waals surface area contributed by atoms with Crippen LogP contribution in [0.1, 0.15) is 6.92 Å². The molecule has 96 valence electrons. The zero-order valence-corrected chi connectivity index (χ0v) is 12.0. The quantitative estimate of drug-likeness (QED) is 0.749. The summed E-state index contributed by atoms with van der Waals surface area (Å²) in [5.41, 5.74) is 0. The van der Waals surface area contributed by atoms with Crippen LogP contribution in [0.5, 0.6) is 5.75 Å². The molecule has 1 aromatic rings. The molecule has 0 spiro atoms. The maximum atomic E-state index is 5.59. The summed E-state index contributed by atoms with van der Waals surface area (Å²) < 4.78 is 11.7. The molecule has 17 heavy (non-hydrogen) atoms. The second-order valence-corrected chi connectivity index (χ2v) is 4.98. The Balaban J connectivity index is 2.06. The third-order valence-electron chi connectivity index (χ3n) is 2.31. The normalized spacial score (nSPS) is 12.4. The maximum absolute atomic E-state index is 5.59. The van der Waals surface area contributed by atoms with E-state index in [0.29, 0.717) is 12.5 Å². The van der Waals surface area contributed by atoms with Gasteiger partial charge in [-0.05, 0) is 30.2 Å². The molecule has 0 amide bonds. The van der Waals surface area contributed by atoms with Crippen molar-refractivity contribution in [3.63, 3.8) is 0 Å². The van der Waals surface area contributed by atoms with Gasteiger partial charge in [-0.25, -0.2) is 0 Å². The van der Waals surface area contributed by atoms with E-state index in [1.54, 1.807) is 7.11 Å². The highest BCUT2D eigenvalue weighted by atomic mass is 79.9. The Bertz CT molecular complexity index is 303. The molecule has 0 fully saturated rings. The molecule has 3 nitrogen and oxygen atoms in total. The summed E-state index contributed by atoms with van der Waals surface area (Å²) in [5, 5.41) is 3.34. The zero-order valence-electron chi connectivity index (χ0n) is 10.4. The largest absolute Gasteiger partial charge is 0.492 e. The van der Waals surface area contributed by atoms with Crippen molar-refractivity contribution in [3.05, 3.63) is 28.7 Å². The van der Waals surface area contributed by atoms with E-state index in [9.17, 15) is 0 Å². The summed E-state index contributed by atoms with van der Waals surface area (Å²) in [6, 6.07) is 7.86. The van der Waals surface area contributed by atoms with Crippen molar-refractivity contribution >= 4 is 15.9 Å². The molecule has 1 unspecified atom stereocenters. The second-order valence-electron chi connectivity index (χ2n) is 4.07. The molecular formula is C13H20BrNO2. The van der Waals surface area contributed by atoms with Gasteiger partial charge >= 0.3 is 0 Å². The van der Waals surface area contributed by atoms with Crippen LogP contribution in [-0.2, 0) is 4.74 Å². The van der Waals surface area contributed by atoms with Gasteiger partial charge in [-0.3, -0.25) is 0 Å². The first-order valence-corrected chi connectivity index (χ1v) is 6.59. The van der Waals surface area contributed by atoms with Crippen LogP contribution in [0.3, 0.4) is 0 Å². The third kappa shape index (κ3) is 6.66. The molecular weight excluding hydrogens is 282 g/mol. The lowest BCUT2D eigenvalue weighted by atomic mass is 10.2. The summed E-state index contributed by atoms with van der Waals surface area (Å²) in [6.45, 7) is 5.44. The first kappa shape index (κ1) is 14.5. The molecule has 0 aliphatic rings. The van der Waals surface area contributed by atoms with Crippen LogP contribution in [0.25, 0.3) is 0 Å². The number of benzene rings is 1. The van der Waals surface area contributed by atoms with E-state index in [4.69, 9.17) is 9.47 Å². The fraction of sp³-hybridized carbons (Fsp3) is 0.538. The molecule has 1 rings (SSSR count). The first-order chi connectivity index (χ1) is 8.22. The van der Waals surface area contributed by atoms with Gasteiger partial charge in [0.05, 0.1) is 0 Å². The molecule has 0 saturated carbocycles. The van der Waals surface area contributed by atoms with Crippen molar-refractivity contribution in [2.24, 2.45) is 5.92 Å². The second kappa shape index (κ2) is 8.50. The molecule has 0 saturated heterocycles. The van der Waals surface area contributed by atoms with Crippen LogP contribution < -0.4 is 10.1 Å². The predicted molar refractivity (Wildman–Crippen MR) is 73.5 cm³/mol. The Kier molecular flexibility index (Phi) is 7.24. The first-order valence-electron chi connectivity index (χ1n) is 5.80. The van der Waals surface area contributed by atoms with Crippen LogP contribution in [0.2, 0.25) is 0 Å². The molecule has 0 aromatic heterocycles. The lowest BCUT2D eigenvalue weighted by molar-refractivity contribution is 0.157. The van der Waals surface area contributed by atoms with E-state index in [1.807, 2.05) is 24.3 Å². The number of nitrogens with one attached hydrogen (secondary N) is 1. The van der Waals surface area contributed by atoms with Crippen molar-refractivity contribution < 1.29 is 9.47 Å². The Morgan fingerprint density at radius 3 is 2.65 bits per heavy atom. The van der Waals surface area contributed by atoms with Gasteiger partial charge in [0, 0.05) is 31.3 Å². The van der Waals surface area contributed by atoms with Gasteiger partial charge in [0.2, 0.25) is 0 Å². The van der Waals surface area contributed by atoms with Gasteiger partial charge in [-0.1, -0.05) is 22.9 Å². The van der Waals surface area contributed by atoms with Gasteiger partial charge in [0.25, 0.3) is 0 Å². The monoisotopic (exact) mass is 301 g/mol. The Morgan fingerprint density at radius 2 is 2.00 bits per heavy atom. The average molecular weight is 302 g/mol. The van der Waals surface area contributed by atoms with Crippen molar-refractivity contribution in [1.29, 1.82) is 0 Å². The highest BCUT2D eigenvalue weighted by Gasteiger charge is 2.00. The van der Waals surface area contributed by atoms with Gasteiger partial charge in [0.15, 0.2) is 0 Å². The highest BCUT2D eigenvalue weighted by Crippen LogP contribution is 2.15. The molecule has 0 bridgehead atoms. The number of hydrogen-bond acceptors (Lipinski definition) is 3. The zero-order chi connectivity index (χ0) is 12.5. The topological polar surface area (TPSA) is 30.5 Å². The minimum atomic E-state index is 0.535. The highest BCUT2D eigenvalue weighted by molar-refractivity contribution is 9.10. The number of halogens is 1. The van der Waals surface area contributed by atoms with E-state index in [2.05, 4.69) is 28.2 Å². The van der Waals surface area contributed by atoms with Crippen molar-refractivity contribution in [2.75, 3.05) is 33.4 Å². The Morgan fingerprint density at radius 1 is 1.29 bits per heavy atom. The molecule has 1 aromatic carbocycles. The SMILES string of the molecule is COCC(C)CNCCOc1ccc(Br)cc1. The van der Waals surface area contributed by atoms with Crippen molar-refractivity contribution in [2.45, 2.75) is 6.92 Å². The summed E-state index contributed by atoms with van der Waals surface area (Å²) in [6.07, 6.45) is 0. The third-order valence-corrected chi connectivity index (χ3v) is 2.83. The summed E-state index contributed by atoms with van der Waals surface area (Å²) in [4.78, 5) is 0. The van der Waals surface area contributed by atoms with Crippen LogP contribution >= 0.6 is 15.9 Å². The lowest BCUT2D eigenvalue weighted by Crippen LogP contribution is -2.27.